The minimum Gasteiger partial charge on any atom is -0.498 e. The van der Waals surface area contributed by atoms with Gasteiger partial charge in [0, 0.05) is 13.2 Å². The first-order chi connectivity index (χ1) is 14.7. The van der Waals surface area contributed by atoms with E-state index in [1.807, 2.05) is 27.7 Å². The molecule has 0 unspecified atom stereocenters. The van der Waals surface area contributed by atoms with Crippen molar-refractivity contribution in [3.05, 3.63) is 47.9 Å². The Kier molecular flexibility index (Phi) is 15.7. The van der Waals surface area contributed by atoms with E-state index < -0.39 is 0 Å². The summed E-state index contributed by atoms with van der Waals surface area (Å²) < 4.78 is 32.4. The summed E-state index contributed by atoms with van der Waals surface area (Å²) in [6.07, 6.45) is 3.55. The van der Waals surface area contributed by atoms with E-state index in [2.05, 4.69) is 24.3 Å². The molecule has 0 radical (unpaired) electrons. The summed E-state index contributed by atoms with van der Waals surface area (Å²) in [6, 6.07) is 8.32. The highest BCUT2D eigenvalue weighted by Gasteiger charge is 2.00. The van der Waals surface area contributed by atoms with E-state index in [1.165, 1.54) is 0 Å². The van der Waals surface area contributed by atoms with Gasteiger partial charge in [0.15, 0.2) is 0 Å². The number of ether oxygens (including phenoxy) is 6. The third kappa shape index (κ3) is 12.6. The molecule has 0 aliphatic heterocycles. The van der Waals surface area contributed by atoms with Gasteiger partial charge in [-0.05, 0) is 50.0 Å². The molecule has 6 nitrogen and oxygen atoms in total. The molecule has 0 aliphatic carbocycles. The van der Waals surface area contributed by atoms with Crippen molar-refractivity contribution in [3.8, 4) is 0 Å². The Morgan fingerprint density at radius 2 is 0.900 bits per heavy atom. The molecule has 170 valence electrons. The monoisotopic (exact) mass is 422 g/mol. The molecular formula is C24H38O6. The standard InChI is InChI=1S/C24H38O6/c1-5-25-11-13-27-15-17-29-19-21(3)23-7-9-24(10-8-23)22(4)20-30-18-16-28-14-12-26-6-2/h7-10,19-20H,5-6,11-18H2,1-4H3/b21-19-,22-20?. The van der Waals surface area contributed by atoms with E-state index in [0.717, 1.165) is 22.3 Å². The van der Waals surface area contributed by atoms with Gasteiger partial charge in [0.25, 0.3) is 0 Å². The average molecular weight is 423 g/mol. The maximum Gasteiger partial charge on any atom is 0.111 e. The molecule has 0 heterocycles. The van der Waals surface area contributed by atoms with Crippen molar-refractivity contribution in [3.63, 3.8) is 0 Å². The van der Waals surface area contributed by atoms with Crippen LogP contribution in [0.15, 0.2) is 36.8 Å². The predicted molar refractivity (Wildman–Crippen MR) is 120 cm³/mol. The van der Waals surface area contributed by atoms with Crippen LogP contribution < -0.4 is 0 Å². The second kappa shape index (κ2) is 18.0. The van der Waals surface area contributed by atoms with E-state index in [1.54, 1.807) is 12.5 Å². The fourth-order valence-electron chi connectivity index (χ4n) is 2.44. The zero-order chi connectivity index (χ0) is 21.9. The summed E-state index contributed by atoms with van der Waals surface area (Å²) in [5, 5.41) is 0. The fraction of sp³-hybridized carbons (Fsp3) is 0.583. The van der Waals surface area contributed by atoms with Gasteiger partial charge in [-0.1, -0.05) is 24.3 Å². The van der Waals surface area contributed by atoms with Crippen LogP contribution in [0.3, 0.4) is 0 Å². The maximum atomic E-state index is 5.56. The van der Waals surface area contributed by atoms with Gasteiger partial charge in [-0.25, -0.2) is 0 Å². The third-order valence-electron chi connectivity index (χ3n) is 4.16. The van der Waals surface area contributed by atoms with Crippen LogP contribution in [-0.2, 0) is 28.4 Å². The highest BCUT2D eigenvalue weighted by atomic mass is 16.5. The Bertz CT molecular complexity index is 541. The van der Waals surface area contributed by atoms with Gasteiger partial charge in [0.05, 0.1) is 52.2 Å². The first-order valence-corrected chi connectivity index (χ1v) is 10.7. The Morgan fingerprint density at radius 1 is 0.567 bits per heavy atom. The maximum absolute atomic E-state index is 5.56. The number of hydrogen-bond acceptors (Lipinski definition) is 6. The molecule has 0 aromatic heterocycles. The topological polar surface area (TPSA) is 55.4 Å². The lowest BCUT2D eigenvalue weighted by Gasteiger charge is -2.08. The summed E-state index contributed by atoms with van der Waals surface area (Å²) in [5.41, 5.74) is 4.37. The molecule has 0 aliphatic rings. The van der Waals surface area contributed by atoms with Crippen LogP contribution in [0, 0.1) is 0 Å². The van der Waals surface area contributed by atoms with Crippen molar-refractivity contribution in [1.29, 1.82) is 0 Å². The first-order valence-electron chi connectivity index (χ1n) is 10.7. The van der Waals surface area contributed by atoms with E-state index >= 15 is 0 Å². The quantitative estimate of drug-likeness (QED) is 0.256. The lowest BCUT2D eigenvalue weighted by Crippen LogP contribution is -2.08. The summed E-state index contributed by atoms with van der Waals surface area (Å²) in [6.45, 7) is 14.0. The number of hydrogen-bond donors (Lipinski definition) is 0. The molecule has 0 atom stereocenters. The molecular weight excluding hydrogens is 384 g/mol. The van der Waals surface area contributed by atoms with Crippen LogP contribution in [-0.4, -0.2) is 66.1 Å². The van der Waals surface area contributed by atoms with Crippen LogP contribution in [0.5, 0.6) is 0 Å². The third-order valence-corrected chi connectivity index (χ3v) is 4.16. The molecule has 0 bridgehead atoms. The summed E-state index contributed by atoms with van der Waals surface area (Å²) in [5.74, 6) is 0. The molecule has 1 rings (SSSR count). The molecule has 1 aromatic rings. The summed E-state index contributed by atoms with van der Waals surface area (Å²) in [7, 11) is 0. The van der Waals surface area contributed by atoms with Crippen LogP contribution in [0.2, 0.25) is 0 Å². The zero-order valence-electron chi connectivity index (χ0n) is 19.0. The molecule has 6 heteroatoms. The van der Waals surface area contributed by atoms with Gasteiger partial charge < -0.3 is 28.4 Å². The highest BCUT2D eigenvalue weighted by Crippen LogP contribution is 2.19. The van der Waals surface area contributed by atoms with Crippen molar-refractivity contribution in [1.82, 2.24) is 0 Å². The molecule has 0 spiro atoms. The molecule has 0 saturated carbocycles. The molecule has 1 aromatic carbocycles. The van der Waals surface area contributed by atoms with Crippen LogP contribution in [0.1, 0.15) is 38.8 Å². The lowest BCUT2D eigenvalue weighted by atomic mass is 10.0. The molecule has 0 saturated heterocycles. The smallest absolute Gasteiger partial charge is 0.111 e. The first kappa shape index (κ1) is 26.2. The van der Waals surface area contributed by atoms with Crippen LogP contribution in [0.4, 0.5) is 0 Å². The normalized spacial score (nSPS) is 12.3. The van der Waals surface area contributed by atoms with E-state index in [4.69, 9.17) is 28.4 Å². The molecule has 0 N–H and O–H groups in total. The molecule has 0 fully saturated rings. The lowest BCUT2D eigenvalue weighted by molar-refractivity contribution is 0.0343. The molecule has 30 heavy (non-hydrogen) atoms. The van der Waals surface area contributed by atoms with Gasteiger partial charge in [-0.15, -0.1) is 0 Å². The van der Waals surface area contributed by atoms with Gasteiger partial charge >= 0.3 is 0 Å². The number of benzene rings is 1. The predicted octanol–water partition coefficient (Wildman–Crippen LogP) is 4.55. The SMILES string of the molecule is CCOCCOCCOC=C(C)c1ccc(/C(C)=C\OCCOCCOCC)cc1. The number of rotatable bonds is 18. The highest BCUT2D eigenvalue weighted by molar-refractivity contribution is 5.68. The Hall–Kier alpha value is -1.86. The van der Waals surface area contributed by atoms with Crippen LogP contribution in [0.25, 0.3) is 11.1 Å². The minimum atomic E-state index is 0.524. The van der Waals surface area contributed by atoms with Crippen molar-refractivity contribution >= 4 is 11.1 Å². The minimum absolute atomic E-state index is 0.524. The molecule has 0 amide bonds. The largest absolute Gasteiger partial charge is 0.498 e. The van der Waals surface area contributed by atoms with Crippen LogP contribution >= 0.6 is 0 Å². The average Bonchev–Trinajstić information content (AvgIpc) is 2.77. The van der Waals surface area contributed by atoms with E-state index in [9.17, 15) is 0 Å². The van der Waals surface area contributed by atoms with Gasteiger partial charge in [0.2, 0.25) is 0 Å². The van der Waals surface area contributed by atoms with Gasteiger partial charge in [-0.2, -0.15) is 0 Å². The zero-order valence-corrected chi connectivity index (χ0v) is 19.0. The fourth-order valence-corrected chi connectivity index (χ4v) is 2.44. The van der Waals surface area contributed by atoms with E-state index in [0.29, 0.717) is 66.1 Å². The number of allylic oxidation sites excluding steroid dienone is 2. The van der Waals surface area contributed by atoms with Gasteiger partial charge in [0.1, 0.15) is 13.2 Å². The van der Waals surface area contributed by atoms with E-state index in [-0.39, 0.29) is 0 Å². The second-order valence-corrected chi connectivity index (χ2v) is 6.54. The Labute approximate surface area is 181 Å². The van der Waals surface area contributed by atoms with Gasteiger partial charge in [-0.3, -0.25) is 0 Å². The summed E-state index contributed by atoms with van der Waals surface area (Å²) >= 11 is 0. The van der Waals surface area contributed by atoms with Crippen molar-refractivity contribution in [2.24, 2.45) is 0 Å². The Morgan fingerprint density at radius 3 is 1.27 bits per heavy atom. The van der Waals surface area contributed by atoms with Crippen molar-refractivity contribution in [2.75, 3.05) is 66.1 Å². The van der Waals surface area contributed by atoms with Crippen molar-refractivity contribution in [2.45, 2.75) is 27.7 Å². The Balaban J connectivity index is 2.28. The second-order valence-electron chi connectivity index (χ2n) is 6.54. The van der Waals surface area contributed by atoms with Crippen molar-refractivity contribution < 1.29 is 28.4 Å². The summed E-state index contributed by atoms with van der Waals surface area (Å²) in [4.78, 5) is 0.